The maximum atomic E-state index is 5.19. The fourth-order valence-corrected chi connectivity index (χ4v) is 1.76. The van der Waals surface area contributed by atoms with Crippen LogP contribution in [0.15, 0.2) is 47.1 Å². The minimum absolute atomic E-state index is 0.547. The Hall–Kier alpha value is -2.36. The highest BCUT2D eigenvalue weighted by atomic mass is 16.5. The smallest absolute Gasteiger partial charge is 0.258 e. The van der Waals surface area contributed by atoms with Crippen molar-refractivity contribution in [1.29, 1.82) is 0 Å². The van der Waals surface area contributed by atoms with E-state index in [9.17, 15) is 0 Å². The monoisotopic (exact) mass is 226 g/mol. The fraction of sp³-hybridized carbons (Fsp3) is 0.0769. The van der Waals surface area contributed by atoms with E-state index in [1.54, 1.807) is 13.3 Å². The fourth-order valence-electron chi connectivity index (χ4n) is 1.76. The van der Waals surface area contributed by atoms with Crippen LogP contribution < -0.4 is 4.74 Å². The first-order valence-corrected chi connectivity index (χ1v) is 5.23. The van der Waals surface area contributed by atoms with E-state index in [0.29, 0.717) is 5.71 Å². The maximum absolute atomic E-state index is 5.19. The van der Waals surface area contributed by atoms with Crippen molar-refractivity contribution in [3.05, 3.63) is 42.6 Å². The Morgan fingerprint density at radius 3 is 3.00 bits per heavy atom. The summed E-state index contributed by atoms with van der Waals surface area (Å²) >= 11 is 0. The highest BCUT2D eigenvalue weighted by Gasteiger charge is 2.10. The van der Waals surface area contributed by atoms with E-state index in [1.165, 1.54) is 0 Å². The summed E-state index contributed by atoms with van der Waals surface area (Å²) in [5.74, 6) is 0.794. The van der Waals surface area contributed by atoms with E-state index in [2.05, 4.69) is 10.1 Å². The molecule has 0 aliphatic heterocycles. The number of aromatic nitrogens is 2. The SMILES string of the molecule is COc1cccc(-c2noc3ncccc23)c1. The van der Waals surface area contributed by atoms with Crippen molar-refractivity contribution in [3.8, 4) is 17.0 Å². The predicted octanol–water partition coefficient (Wildman–Crippen LogP) is 2.90. The summed E-state index contributed by atoms with van der Waals surface area (Å²) in [6.45, 7) is 0. The summed E-state index contributed by atoms with van der Waals surface area (Å²) in [4.78, 5) is 4.11. The highest BCUT2D eigenvalue weighted by molar-refractivity contribution is 5.89. The molecular weight excluding hydrogens is 216 g/mol. The van der Waals surface area contributed by atoms with Crippen LogP contribution in [0, 0.1) is 0 Å². The van der Waals surface area contributed by atoms with Crippen molar-refractivity contribution in [2.24, 2.45) is 0 Å². The van der Waals surface area contributed by atoms with Gasteiger partial charge in [0.1, 0.15) is 11.4 Å². The van der Waals surface area contributed by atoms with Crippen molar-refractivity contribution >= 4 is 11.1 Å². The zero-order valence-corrected chi connectivity index (χ0v) is 9.25. The molecule has 0 aliphatic rings. The second-order valence-corrected chi connectivity index (χ2v) is 3.62. The first-order chi connectivity index (χ1) is 8.38. The lowest BCUT2D eigenvalue weighted by molar-refractivity contribution is 0.415. The molecule has 0 N–H and O–H groups in total. The van der Waals surface area contributed by atoms with Gasteiger partial charge in [-0.05, 0) is 24.3 Å². The standard InChI is InChI=1S/C13H10N2O2/c1-16-10-5-2-4-9(8-10)12-11-6-3-7-14-13(11)17-15-12/h2-8H,1H3. The molecular formula is C13H10N2O2. The van der Waals surface area contributed by atoms with Gasteiger partial charge in [0.15, 0.2) is 0 Å². The van der Waals surface area contributed by atoms with Crippen molar-refractivity contribution in [2.45, 2.75) is 0 Å². The molecule has 0 aliphatic carbocycles. The van der Waals surface area contributed by atoms with Crippen molar-refractivity contribution in [2.75, 3.05) is 7.11 Å². The van der Waals surface area contributed by atoms with Gasteiger partial charge < -0.3 is 9.26 Å². The van der Waals surface area contributed by atoms with Crippen LogP contribution in [0.25, 0.3) is 22.4 Å². The molecule has 0 saturated heterocycles. The summed E-state index contributed by atoms with van der Waals surface area (Å²) in [6.07, 6.45) is 1.68. The van der Waals surface area contributed by atoms with Gasteiger partial charge in [-0.3, -0.25) is 0 Å². The normalized spacial score (nSPS) is 10.6. The van der Waals surface area contributed by atoms with Gasteiger partial charge in [-0.2, -0.15) is 0 Å². The minimum atomic E-state index is 0.547. The average molecular weight is 226 g/mol. The summed E-state index contributed by atoms with van der Waals surface area (Å²) in [7, 11) is 1.64. The van der Waals surface area contributed by atoms with E-state index >= 15 is 0 Å². The predicted molar refractivity (Wildman–Crippen MR) is 63.8 cm³/mol. The number of pyridine rings is 1. The quantitative estimate of drug-likeness (QED) is 0.674. The van der Waals surface area contributed by atoms with Gasteiger partial charge in [-0.25, -0.2) is 4.98 Å². The second-order valence-electron chi connectivity index (χ2n) is 3.62. The molecule has 0 radical (unpaired) electrons. The zero-order valence-electron chi connectivity index (χ0n) is 9.25. The number of benzene rings is 1. The van der Waals surface area contributed by atoms with Crippen LogP contribution in [0.4, 0.5) is 0 Å². The van der Waals surface area contributed by atoms with Crippen LogP contribution in [0.5, 0.6) is 5.75 Å². The first-order valence-electron chi connectivity index (χ1n) is 5.23. The van der Waals surface area contributed by atoms with Crippen LogP contribution in [-0.4, -0.2) is 17.3 Å². The van der Waals surface area contributed by atoms with E-state index in [0.717, 1.165) is 22.4 Å². The van der Waals surface area contributed by atoms with E-state index in [1.807, 2.05) is 36.4 Å². The van der Waals surface area contributed by atoms with E-state index in [4.69, 9.17) is 9.26 Å². The number of hydrogen-bond donors (Lipinski definition) is 0. The van der Waals surface area contributed by atoms with Gasteiger partial charge in [0.2, 0.25) is 0 Å². The molecule has 0 spiro atoms. The van der Waals surface area contributed by atoms with Gasteiger partial charge >= 0.3 is 0 Å². The molecule has 0 fully saturated rings. The van der Waals surface area contributed by atoms with Crippen LogP contribution in [0.3, 0.4) is 0 Å². The minimum Gasteiger partial charge on any atom is -0.497 e. The number of rotatable bonds is 2. The largest absolute Gasteiger partial charge is 0.497 e. The molecule has 4 heteroatoms. The molecule has 4 nitrogen and oxygen atoms in total. The number of methoxy groups -OCH3 is 1. The van der Waals surface area contributed by atoms with Crippen molar-refractivity contribution in [1.82, 2.24) is 10.1 Å². The van der Waals surface area contributed by atoms with Crippen molar-refractivity contribution in [3.63, 3.8) is 0 Å². The Morgan fingerprint density at radius 1 is 1.18 bits per heavy atom. The number of fused-ring (bicyclic) bond motifs is 1. The lowest BCUT2D eigenvalue weighted by Crippen LogP contribution is -1.84. The first kappa shape index (κ1) is 9.84. The molecule has 0 unspecified atom stereocenters. The molecule has 3 aromatic rings. The summed E-state index contributed by atoms with van der Waals surface area (Å²) < 4.78 is 10.4. The molecule has 0 amide bonds. The molecule has 17 heavy (non-hydrogen) atoms. The molecule has 2 aromatic heterocycles. The Bertz CT molecular complexity index is 661. The van der Waals surface area contributed by atoms with Gasteiger partial charge in [-0.15, -0.1) is 0 Å². The number of nitrogens with zero attached hydrogens (tertiary/aromatic N) is 2. The highest BCUT2D eigenvalue weighted by Crippen LogP contribution is 2.28. The zero-order chi connectivity index (χ0) is 11.7. The Labute approximate surface area is 97.8 Å². The van der Waals surface area contributed by atoms with E-state index < -0.39 is 0 Å². The van der Waals surface area contributed by atoms with Crippen molar-refractivity contribution < 1.29 is 9.26 Å². The van der Waals surface area contributed by atoms with Crippen LogP contribution >= 0.6 is 0 Å². The van der Waals surface area contributed by atoms with Gasteiger partial charge in [0.05, 0.1) is 12.5 Å². The Balaban J connectivity index is 2.20. The molecule has 0 atom stereocenters. The topological polar surface area (TPSA) is 48.2 Å². The summed E-state index contributed by atoms with van der Waals surface area (Å²) in [5.41, 5.74) is 2.29. The van der Waals surface area contributed by atoms with Gasteiger partial charge in [0, 0.05) is 11.8 Å². The third kappa shape index (κ3) is 1.63. The lowest BCUT2D eigenvalue weighted by Gasteiger charge is -2.01. The molecule has 0 saturated carbocycles. The molecule has 2 heterocycles. The molecule has 3 rings (SSSR count). The molecule has 1 aromatic carbocycles. The number of ether oxygens (including phenoxy) is 1. The second kappa shape index (κ2) is 3.90. The summed E-state index contributed by atoms with van der Waals surface area (Å²) in [6, 6.07) is 11.5. The third-order valence-electron chi connectivity index (χ3n) is 2.59. The molecule has 0 bridgehead atoms. The van der Waals surface area contributed by atoms with Gasteiger partial charge in [0.25, 0.3) is 5.71 Å². The van der Waals surface area contributed by atoms with Crippen LogP contribution in [-0.2, 0) is 0 Å². The lowest BCUT2D eigenvalue weighted by atomic mass is 10.1. The van der Waals surface area contributed by atoms with E-state index in [-0.39, 0.29) is 0 Å². The Kier molecular flexibility index (Phi) is 2.26. The maximum Gasteiger partial charge on any atom is 0.258 e. The number of hydrogen-bond acceptors (Lipinski definition) is 4. The average Bonchev–Trinajstić information content (AvgIpc) is 2.82. The Morgan fingerprint density at radius 2 is 2.12 bits per heavy atom. The van der Waals surface area contributed by atoms with Gasteiger partial charge in [-0.1, -0.05) is 17.3 Å². The van der Waals surface area contributed by atoms with Crippen LogP contribution in [0.2, 0.25) is 0 Å². The van der Waals surface area contributed by atoms with Crippen LogP contribution in [0.1, 0.15) is 0 Å². The third-order valence-corrected chi connectivity index (χ3v) is 2.59. The molecule has 84 valence electrons. The summed E-state index contributed by atoms with van der Waals surface area (Å²) in [5, 5.41) is 4.95.